The maximum atomic E-state index is 6.18. The van der Waals surface area contributed by atoms with Crippen molar-refractivity contribution in [3.63, 3.8) is 0 Å². The van der Waals surface area contributed by atoms with E-state index in [1.807, 2.05) is 13.0 Å². The molecule has 0 radical (unpaired) electrons. The molecule has 1 saturated carbocycles. The molecule has 19 heavy (non-hydrogen) atoms. The van der Waals surface area contributed by atoms with Gasteiger partial charge < -0.3 is 10.2 Å². The molecule has 1 aliphatic carbocycles. The first-order valence-electron chi connectivity index (χ1n) is 7.60. The predicted octanol–water partition coefficient (Wildman–Crippen LogP) is 3.49. The molecular weight excluding hydrogens is 236 g/mol. The van der Waals surface area contributed by atoms with Crippen molar-refractivity contribution in [3.05, 3.63) is 23.7 Å². The monoisotopic (exact) mass is 264 g/mol. The minimum absolute atomic E-state index is 0.0825. The number of hydrogen-bond acceptors (Lipinski definition) is 3. The van der Waals surface area contributed by atoms with Gasteiger partial charge in [-0.2, -0.15) is 0 Å². The van der Waals surface area contributed by atoms with E-state index in [4.69, 9.17) is 10.2 Å². The summed E-state index contributed by atoms with van der Waals surface area (Å²) in [5.74, 6) is 2.80. The summed E-state index contributed by atoms with van der Waals surface area (Å²) in [6, 6.07) is 4.37. The van der Waals surface area contributed by atoms with Crippen LogP contribution in [-0.4, -0.2) is 24.5 Å². The van der Waals surface area contributed by atoms with Crippen molar-refractivity contribution in [3.8, 4) is 0 Å². The first-order valence-corrected chi connectivity index (χ1v) is 7.60. The standard InChI is InChI=1S/C16H28N2O/c1-12-9-10-15(19-12)16(13(2)17)18(3)11-14-7-5-4-6-8-14/h9-10,13-14,16H,4-8,11,17H2,1-3H3. The lowest BCUT2D eigenvalue weighted by Gasteiger charge is -2.33. The van der Waals surface area contributed by atoms with Gasteiger partial charge in [-0.25, -0.2) is 0 Å². The van der Waals surface area contributed by atoms with E-state index in [9.17, 15) is 0 Å². The smallest absolute Gasteiger partial charge is 0.122 e. The van der Waals surface area contributed by atoms with Crippen LogP contribution in [0.3, 0.4) is 0 Å². The van der Waals surface area contributed by atoms with Crippen molar-refractivity contribution in [2.45, 2.75) is 58.0 Å². The van der Waals surface area contributed by atoms with Gasteiger partial charge in [-0.05, 0) is 51.8 Å². The maximum Gasteiger partial charge on any atom is 0.122 e. The fraction of sp³-hybridized carbons (Fsp3) is 0.750. The first kappa shape index (κ1) is 14.6. The van der Waals surface area contributed by atoms with Crippen LogP contribution >= 0.6 is 0 Å². The molecule has 3 heteroatoms. The lowest BCUT2D eigenvalue weighted by molar-refractivity contribution is 0.148. The topological polar surface area (TPSA) is 42.4 Å². The molecule has 0 amide bonds. The maximum absolute atomic E-state index is 6.18. The Morgan fingerprint density at radius 3 is 2.53 bits per heavy atom. The Balaban J connectivity index is 2.01. The van der Waals surface area contributed by atoms with E-state index in [0.717, 1.165) is 24.0 Å². The highest BCUT2D eigenvalue weighted by atomic mass is 16.3. The molecule has 1 fully saturated rings. The normalized spacial score (nSPS) is 20.7. The van der Waals surface area contributed by atoms with E-state index in [-0.39, 0.29) is 12.1 Å². The van der Waals surface area contributed by atoms with Crippen LogP contribution in [-0.2, 0) is 0 Å². The average Bonchev–Trinajstić information content (AvgIpc) is 2.76. The second-order valence-corrected chi connectivity index (χ2v) is 6.20. The molecule has 1 aromatic rings. The zero-order chi connectivity index (χ0) is 13.8. The van der Waals surface area contributed by atoms with Gasteiger partial charge >= 0.3 is 0 Å². The Kier molecular flexibility index (Phi) is 5.06. The second-order valence-electron chi connectivity index (χ2n) is 6.20. The minimum Gasteiger partial charge on any atom is -0.465 e. The van der Waals surface area contributed by atoms with Crippen molar-refractivity contribution in [2.75, 3.05) is 13.6 Å². The molecule has 2 rings (SSSR count). The van der Waals surface area contributed by atoms with Gasteiger partial charge in [-0.3, -0.25) is 4.90 Å². The van der Waals surface area contributed by atoms with E-state index < -0.39 is 0 Å². The largest absolute Gasteiger partial charge is 0.465 e. The van der Waals surface area contributed by atoms with Crippen LogP contribution in [0.1, 0.15) is 56.6 Å². The summed E-state index contributed by atoms with van der Waals surface area (Å²) in [6.07, 6.45) is 6.93. The summed E-state index contributed by atoms with van der Waals surface area (Å²) in [7, 11) is 2.18. The average molecular weight is 264 g/mol. The van der Waals surface area contributed by atoms with E-state index in [2.05, 4.69) is 24.9 Å². The molecule has 2 N–H and O–H groups in total. The second kappa shape index (κ2) is 6.58. The minimum atomic E-state index is 0.0825. The Morgan fingerprint density at radius 1 is 1.32 bits per heavy atom. The Labute approximate surface area is 117 Å². The van der Waals surface area contributed by atoms with Crippen molar-refractivity contribution in [2.24, 2.45) is 11.7 Å². The van der Waals surface area contributed by atoms with Crippen molar-refractivity contribution >= 4 is 0 Å². The fourth-order valence-corrected chi connectivity index (χ4v) is 3.38. The lowest BCUT2D eigenvalue weighted by Crippen LogP contribution is -2.39. The number of likely N-dealkylation sites (N-methyl/N-ethyl adjacent to an activating group) is 1. The van der Waals surface area contributed by atoms with E-state index >= 15 is 0 Å². The van der Waals surface area contributed by atoms with Gasteiger partial charge in [0.15, 0.2) is 0 Å². The number of nitrogens with two attached hydrogens (primary N) is 1. The molecule has 0 aliphatic heterocycles. The van der Waals surface area contributed by atoms with Gasteiger partial charge in [0.1, 0.15) is 11.5 Å². The van der Waals surface area contributed by atoms with Crippen LogP contribution in [0.2, 0.25) is 0 Å². The number of rotatable bonds is 5. The Morgan fingerprint density at radius 2 is 2.00 bits per heavy atom. The van der Waals surface area contributed by atoms with Gasteiger partial charge in [0.05, 0.1) is 6.04 Å². The molecule has 0 aromatic carbocycles. The van der Waals surface area contributed by atoms with Crippen LogP contribution in [0.4, 0.5) is 0 Å². The first-order chi connectivity index (χ1) is 9.08. The number of nitrogens with zero attached hydrogens (tertiary/aromatic N) is 1. The number of furan rings is 1. The molecule has 1 aliphatic rings. The molecule has 0 saturated heterocycles. The van der Waals surface area contributed by atoms with Crippen molar-refractivity contribution in [1.82, 2.24) is 4.90 Å². The molecule has 2 atom stereocenters. The summed E-state index contributed by atoms with van der Waals surface area (Å²) < 4.78 is 5.80. The third-order valence-corrected chi connectivity index (χ3v) is 4.30. The summed E-state index contributed by atoms with van der Waals surface area (Å²) in [4.78, 5) is 2.39. The molecule has 2 unspecified atom stereocenters. The quantitative estimate of drug-likeness (QED) is 0.885. The van der Waals surface area contributed by atoms with Crippen LogP contribution < -0.4 is 5.73 Å². The summed E-state index contributed by atoms with van der Waals surface area (Å²) >= 11 is 0. The summed E-state index contributed by atoms with van der Waals surface area (Å²) in [5, 5.41) is 0. The van der Waals surface area contributed by atoms with Gasteiger partial charge in [0.25, 0.3) is 0 Å². The number of aryl methyl sites for hydroxylation is 1. The third kappa shape index (κ3) is 3.83. The zero-order valence-corrected chi connectivity index (χ0v) is 12.6. The zero-order valence-electron chi connectivity index (χ0n) is 12.6. The lowest BCUT2D eigenvalue weighted by atomic mass is 9.88. The highest BCUT2D eigenvalue weighted by Gasteiger charge is 2.26. The SMILES string of the molecule is Cc1ccc(C(C(C)N)N(C)CC2CCCCC2)o1. The number of hydrogen-bond donors (Lipinski definition) is 1. The van der Waals surface area contributed by atoms with Gasteiger partial charge in [-0.1, -0.05) is 19.3 Å². The van der Waals surface area contributed by atoms with E-state index in [0.29, 0.717) is 0 Å². The molecule has 1 heterocycles. The van der Waals surface area contributed by atoms with Gasteiger partial charge in [0, 0.05) is 12.6 Å². The van der Waals surface area contributed by atoms with E-state index in [1.165, 1.54) is 32.1 Å². The molecule has 0 spiro atoms. The predicted molar refractivity (Wildman–Crippen MR) is 79.0 cm³/mol. The van der Waals surface area contributed by atoms with Crippen molar-refractivity contribution in [1.29, 1.82) is 0 Å². The van der Waals surface area contributed by atoms with Crippen LogP contribution in [0.15, 0.2) is 16.5 Å². The third-order valence-electron chi connectivity index (χ3n) is 4.30. The van der Waals surface area contributed by atoms with E-state index in [1.54, 1.807) is 0 Å². The fourth-order valence-electron chi connectivity index (χ4n) is 3.38. The van der Waals surface area contributed by atoms with Gasteiger partial charge in [-0.15, -0.1) is 0 Å². The highest BCUT2D eigenvalue weighted by molar-refractivity contribution is 5.11. The van der Waals surface area contributed by atoms with Crippen LogP contribution in [0.5, 0.6) is 0 Å². The van der Waals surface area contributed by atoms with Gasteiger partial charge in [0.2, 0.25) is 0 Å². The Bertz CT molecular complexity index is 380. The summed E-state index contributed by atoms with van der Waals surface area (Å²) in [6.45, 7) is 5.19. The Hall–Kier alpha value is -0.800. The molecular formula is C16H28N2O. The molecule has 3 nitrogen and oxygen atoms in total. The molecule has 0 bridgehead atoms. The molecule has 1 aromatic heterocycles. The summed E-state index contributed by atoms with van der Waals surface area (Å²) in [5.41, 5.74) is 6.18. The van der Waals surface area contributed by atoms with Crippen molar-refractivity contribution < 1.29 is 4.42 Å². The van der Waals surface area contributed by atoms with Crippen LogP contribution in [0.25, 0.3) is 0 Å². The highest BCUT2D eigenvalue weighted by Crippen LogP contribution is 2.29. The van der Waals surface area contributed by atoms with Crippen LogP contribution in [0, 0.1) is 12.8 Å². The molecule has 108 valence electrons.